The Morgan fingerprint density at radius 3 is 1.54 bits per heavy atom. The zero-order valence-corrected chi connectivity index (χ0v) is 15.6. The topological polar surface area (TPSA) is 0 Å². The van der Waals surface area contributed by atoms with Crippen LogP contribution in [0.4, 0.5) is 0 Å². The molecule has 2 unspecified atom stereocenters. The second-order valence-corrected chi connectivity index (χ2v) is 12.0. The van der Waals surface area contributed by atoms with Gasteiger partial charge in [-0.05, 0) is 0 Å². The van der Waals surface area contributed by atoms with Gasteiger partial charge in [-0.25, -0.2) is 0 Å². The van der Waals surface area contributed by atoms with Gasteiger partial charge in [-0.1, -0.05) is 0 Å². The number of hydrogen-bond donors (Lipinski definition) is 0. The standard InChI is InChI=1S/2C6H13.Hg/c2*1-4-5-6(2)3;/h2*6H,2,4-5H2,1,3H3;. The van der Waals surface area contributed by atoms with E-state index in [2.05, 4.69) is 27.7 Å². The van der Waals surface area contributed by atoms with E-state index in [4.69, 9.17) is 0 Å². The van der Waals surface area contributed by atoms with Crippen LogP contribution < -0.4 is 0 Å². The van der Waals surface area contributed by atoms with Crippen LogP contribution in [0, 0.1) is 11.8 Å². The molecule has 0 nitrogen and oxygen atoms in total. The average Bonchev–Trinajstić information content (AvgIpc) is 2.05. The van der Waals surface area contributed by atoms with Crippen LogP contribution in [0.1, 0.15) is 53.4 Å². The van der Waals surface area contributed by atoms with E-state index in [9.17, 15) is 0 Å². The molecular formula is C12H26Hg. The molecule has 2 atom stereocenters. The van der Waals surface area contributed by atoms with Crippen molar-refractivity contribution in [1.82, 2.24) is 0 Å². The van der Waals surface area contributed by atoms with Crippen molar-refractivity contribution >= 4 is 0 Å². The summed E-state index contributed by atoms with van der Waals surface area (Å²) < 4.78 is 3.34. The first-order valence-corrected chi connectivity index (χ1v) is 14.0. The summed E-state index contributed by atoms with van der Waals surface area (Å²) in [6.45, 7) is 9.53. The van der Waals surface area contributed by atoms with E-state index >= 15 is 0 Å². The number of rotatable bonds is 8. The molecule has 1 heteroatoms. The fraction of sp³-hybridized carbons (Fsp3) is 1.00. The van der Waals surface area contributed by atoms with Crippen LogP contribution in [0.2, 0.25) is 7.86 Å². The van der Waals surface area contributed by atoms with Crippen molar-refractivity contribution in [3.63, 3.8) is 0 Å². The van der Waals surface area contributed by atoms with Crippen LogP contribution in [0.25, 0.3) is 0 Å². The van der Waals surface area contributed by atoms with Gasteiger partial charge in [0.25, 0.3) is 0 Å². The SMILES string of the molecule is CCCC(C)[CH2][Hg][CH2]C(C)CCC. The average molecular weight is 371 g/mol. The molecule has 0 fully saturated rings. The molecule has 0 aliphatic carbocycles. The molecule has 0 aromatic carbocycles. The molecule has 0 saturated heterocycles. The maximum absolute atomic E-state index is 2.45. The van der Waals surface area contributed by atoms with Crippen molar-refractivity contribution in [3.8, 4) is 0 Å². The third-order valence-electron chi connectivity index (χ3n) is 2.96. The molecule has 0 aliphatic rings. The Kier molecular flexibility index (Phi) is 10.2. The molecule has 0 saturated carbocycles. The fourth-order valence-corrected chi connectivity index (χ4v) is 10.7. The Labute approximate surface area is 97.3 Å². The molecule has 0 aromatic rings. The van der Waals surface area contributed by atoms with Gasteiger partial charge in [0.05, 0.1) is 0 Å². The fourth-order valence-electron chi connectivity index (χ4n) is 2.09. The quantitative estimate of drug-likeness (QED) is 0.539. The molecule has 0 heterocycles. The normalized spacial score (nSPS) is 15.1. The Hall–Kier alpha value is 0.935. The second kappa shape index (κ2) is 9.49. The van der Waals surface area contributed by atoms with Gasteiger partial charge in [-0.3, -0.25) is 0 Å². The van der Waals surface area contributed by atoms with Crippen LogP contribution in [0.3, 0.4) is 0 Å². The van der Waals surface area contributed by atoms with Gasteiger partial charge in [0.15, 0.2) is 0 Å². The van der Waals surface area contributed by atoms with Gasteiger partial charge in [-0.2, -0.15) is 0 Å². The molecular weight excluding hydrogens is 345 g/mol. The van der Waals surface area contributed by atoms with Gasteiger partial charge in [0.1, 0.15) is 0 Å². The van der Waals surface area contributed by atoms with E-state index in [1.54, 1.807) is 7.86 Å². The Morgan fingerprint density at radius 1 is 0.846 bits per heavy atom. The van der Waals surface area contributed by atoms with E-state index in [1.807, 2.05) is 0 Å². The Balaban J connectivity index is 3.23. The summed E-state index contributed by atoms with van der Waals surface area (Å²) in [5.74, 6) is 2.11. The van der Waals surface area contributed by atoms with Gasteiger partial charge < -0.3 is 0 Å². The summed E-state index contributed by atoms with van der Waals surface area (Å²) in [4.78, 5) is 0. The number of hydrogen-bond acceptors (Lipinski definition) is 0. The summed E-state index contributed by atoms with van der Waals surface area (Å²) in [7, 11) is 0. The summed E-state index contributed by atoms with van der Waals surface area (Å²) in [6, 6.07) is 0. The van der Waals surface area contributed by atoms with Crippen LogP contribution in [-0.4, -0.2) is 0 Å². The third-order valence-corrected chi connectivity index (χ3v) is 13.8. The first kappa shape index (κ1) is 13.9. The summed E-state index contributed by atoms with van der Waals surface area (Å²) in [5.41, 5.74) is 0. The van der Waals surface area contributed by atoms with Crippen molar-refractivity contribution in [2.45, 2.75) is 61.2 Å². The monoisotopic (exact) mass is 372 g/mol. The van der Waals surface area contributed by atoms with Crippen LogP contribution in [0.5, 0.6) is 0 Å². The van der Waals surface area contributed by atoms with E-state index in [-0.39, 0.29) is 0 Å². The first-order chi connectivity index (χ1) is 6.20. The van der Waals surface area contributed by atoms with Crippen LogP contribution in [0.15, 0.2) is 0 Å². The van der Waals surface area contributed by atoms with Gasteiger partial charge in [-0.15, -0.1) is 0 Å². The molecule has 0 aliphatic heterocycles. The molecule has 0 amide bonds. The Morgan fingerprint density at radius 2 is 1.23 bits per heavy atom. The van der Waals surface area contributed by atoms with E-state index < -0.39 is 24.6 Å². The van der Waals surface area contributed by atoms with Crippen molar-refractivity contribution < 1.29 is 24.6 Å². The molecule has 0 radical (unpaired) electrons. The zero-order chi connectivity index (χ0) is 10.1. The van der Waals surface area contributed by atoms with Gasteiger partial charge in [0.2, 0.25) is 0 Å². The van der Waals surface area contributed by atoms with Crippen molar-refractivity contribution in [2.75, 3.05) is 0 Å². The summed E-state index contributed by atoms with van der Waals surface area (Å²) in [5, 5.41) is 0. The minimum absolute atomic E-state index is 0.427. The van der Waals surface area contributed by atoms with E-state index in [0.717, 1.165) is 11.8 Å². The van der Waals surface area contributed by atoms with Crippen molar-refractivity contribution in [3.05, 3.63) is 0 Å². The van der Waals surface area contributed by atoms with Crippen LogP contribution >= 0.6 is 0 Å². The van der Waals surface area contributed by atoms with E-state index in [1.165, 1.54) is 25.7 Å². The summed E-state index contributed by atoms with van der Waals surface area (Å²) >= 11 is -0.427. The second-order valence-electron chi connectivity index (χ2n) is 4.72. The predicted molar refractivity (Wildman–Crippen MR) is 57.8 cm³/mol. The maximum atomic E-state index is 2.45. The minimum atomic E-state index is -0.427. The third kappa shape index (κ3) is 9.24. The molecule has 0 aromatic heterocycles. The Bertz CT molecular complexity index is 89.3. The summed E-state index contributed by atoms with van der Waals surface area (Å²) in [6.07, 6.45) is 5.73. The molecule has 0 rings (SSSR count). The predicted octanol–water partition coefficient (Wildman–Crippen LogP) is 4.78. The molecule has 13 heavy (non-hydrogen) atoms. The molecule has 0 N–H and O–H groups in total. The zero-order valence-electron chi connectivity index (χ0n) is 10.1. The first-order valence-electron chi connectivity index (χ1n) is 6.20. The van der Waals surface area contributed by atoms with Crippen LogP contribution in [-0.2, 0) is 24.6 Å². The molecule has 76 valence electrons. The molecule has 0 bridgehead atoms. The van der Waals surface area contributed by atoms with Crippen molar-refractivity contribution in [1.29, 1.82) is 0 Å². The van der Waals surface area contributed by atoms with Gasteiger partial charge in [0, 0.05) is 0 Å². The van der Waals surface area contributed by atoms with Gasteiger partial charge >= 0.3 is 97.6 Å². The van der Waals surface area contributed by atoms with E-state index in [0.29, 0.717) is 0 Å². The van der Waals surface area contributed by atoms with Crippen molar-refractivity contribution in [2.24, 2.45) is 11.8 Å². The molecule has 0 spiro atoms.